The molecule has 4 nitrogen and oxygen atoms in total. The van der Waals surface area contributed by atoms with Gasteiger partial charge in [0.1, 0.15) is 0 Å². The van der Waals surface area contributed by atoms with E-state index in [1.807, 2.05) is 24.3 Å². The number of aromatic nitrogens is 2. The van der Waals surface area contributed by atoms with Gasteiger partial charge in [-0.05, 0) is 50.9 Å². The van der Waals surface area contributed by atoms with Crippen LogP contribution in [0.4, 0.5) is 5.82 Å². The standard InChI is InChI=1S/C17H21ClN4/c18-16-17(20-15-6-2-1-5-14(15)19-16)22-11-7-13(8-12-22)21-9-3-4-10-21/h1-2,5-6,13H,3-4,7-12H2. The van der Waals surface area contributed by atoms with Gasteiger partial charge < -0.3 is 9.80 Å². The van der Waals surface area contributed by atoms with E-state index in [-0.39, 0.29) is 0 Å². The van der Waals surface area contributed by atoms with Gasteiger partial charge in [0.05, 0.1) is 11.0 Å². The fraction of sp³-hybridized carbons (Fsp3) is 0.529. The Morgan fingerprint density at radius 1 is 0.909 bits per heavy atom. The summed E-state index contributed by atoms with van der Waals surface area (Å²) in [5.74, 6) is 0.847. The van der Waals surface area contributed by atoms with Gasteiger partial charge in [0.15, 0.2) is 11.0 Å². The van der Waals surface area contributed by atoms with Gasteiger partial charge >= 0.3 is 0 Å². The Balaban J connectivity index is 1.52. The Morgan fingerprint density at radius 2 is 1.55 bits per heavy atom. The molecule has 0 atom stereocenters. The number of nitrogens with zero attached hydrogens (tertiary/aromatic N) is 4. The molecule has 0 N–H and O–H groups in total. The molecular formula is C17H21ClN4. The second-order valence-corrected chi connectivity index (χ2v) is 6.65. The minimum atomic E-state index is 0.526. The highest BCUT2D eigenvalue weighted by Gasteiger charge is 2.27. The topological polar surface area (TPSA) is 32.3 Å². The first-order chi connectivity index (χ1) is 10.8. The molecule has 0 spiro atoms. The van der Waals surface area contributed by atoms with Crippen LogP contribution in [0.15, 0.2) is 24.3 Å². The molecule has 1 aromatic heterocycles. The molecule has 0 radical (unpaired) electrons. The molecule has 0 bridgehead atoms. The van der Waals surface area contributed by atoms with Crippen molar-refractivity contribution in [3.63, 3.8) is 0 Å². The van der Waals surface area contributed by atoms with E-state index >= 15 is 0 Å². The number of likely N-dealkylation sites (tertiary alicyclic amines) is 1. The monoisotopic (exact) mass is 316 g/mol. The quantitative estimate of drug-likeness (QED) is 0.850. The third-order valence-electron chi connectivity index (χ3n) is 4.93. The van der Waals surface area contributed by atoms with E-state index < -0.39 is 0 Å². The Bertz CT molecular complexity index is 661. The van der Waals surface area contributed by atoms with Crippen LogP contribution in [0.3, 0.4) is 0 Å². The van der Waals surface area contributed by atoms with Crippen molar-refractivity contribution in [3.05, 3.63) is 29.4 Å². The molecule has 3 heterocycles. The molecule has 5 heteroatoms. The number of benzene rings is 1. The number of anilines is 1. The van der Waals surface area contributed by atoms with Crippen molar-refractivity contribution in [1.29, 1.82) is 0 Å². The minimum absolute atomic E-state index is 0.526. The Kier molecular flexibility index (Phi) is 3.89. The number of piperidine rings is 1. The third kappa shape index (κ3) is 2.66. The maximum Gasteiger partial charge on any atom is 0.172 e. The maximum atomic E-state index is 6.37. The molecule has 1 aromatic carbocycles. The van der Waals surface area contributed by atoms with Crippen molar-refractivity contribution < 1.29 is 0 Å². The van der Waals surface area contributed by atoms with E-state index in [2.05, 4.69) is 14.8 Å². The van der Waals surface area contributed by atoms with E-state index in [9.17, 15) is 0 Å². The van der Waals surface area contributed by atoms with Crippen LogP contribution in [-0.2, 0) is 0 Å². The van der Waals surface area contributed by atoms with E-state index in [0.29, 0.717) is 5.15 Å². The zero-order valence-electron chi connectivity index (χ0n) is 12.7. The first kappa shape index (κ1) is 14.2. The van der Waals surface area contributed by atoms with Crippen LogP contribution in [0.25, 0.3) is 11.0 Å². The van der Waals surface area contributed by atoms with Crippen LogP contribution in [0.2, 0.25) is 5.15 Å². The lowest BCUT2D eigenvalue weighted by molar-refractivity contribution is 0.207. The molecule has 2 aliphatic rings. The summed E-state index contributed by atoms with van der Waals surface area (Å²) in [6.45, 7) is 4.60. The van der Waals surface area contributed by atoms with Gasteiger partial charge in [-0.2, -0.15) is 0 Å². The van der Waals surface area contributed by atoms with E-state index in [1.54, 1.807) is 0 Å². The molecular weight excluding hydrogens is 296 g/mol. The largest absolute Gasteiger partial charge is 0.354 e. The van der Waals surface area contributed by atoms with E-state index in [0.717, 1.165) is 36.0 Å². The Hall–Kier alpha value is -1.39. The minimum Gasteiger partial charge on any atom is -0.354 e. The summed E-state index contributed by atoms with van der Waals surface area (Å²) in [6.07, 6.45) is 5.13. The van der Waals surface area contributed by atoms with E-state index in [1.165, 1.54) is 38.8 Å². The van der Waals surface area contributed by atoms with Crippen LogP contribution < -0.4 is 4.90 Å². The summed E-state index contributed by atoms with van der Waals surface area (Å²) in [7, 11) is 0. The molecule has 2 aromatic rings. The second-order valence-electron chi connectivity index (χ2n) is 6.29. The fourth-order valence-corrected chi connectivity index (χ4v) is 3.97. The van der Waals surface area contributed by atoms with Crippen LogP contribution in [0.5, 0.6) is 0 Å². The second kappa shape index (κ2) is 6.01. The summed E-state index contributed by atoms with van der Waals surface area (Å²) in [5, 5.41) is 0.526. The van der Waals surface area contributed by atoms with Crippen molar-refractivity contribution in [3.8, 4) is 0 Å². The van der Waals surface area contributed by atoms with Gasteiger partial charge in [-0.1, -0.05) is 23.7 Å². The molecule has 0 saturated carbocycles. The number of rotatable bonds is 2. The zero-order chi connectivity index (χ0) is 14.9. The van der Waals surface area contributed by atoms with E-state index in [4.69, 9.17) is 16.6 Å². The normalized spacial score (nSPS) is 20.9. The van der Waals surface area contributed by atoms with Gasteiger partial charge in [-0.15, -0.1) is 0 Å². The number of para-hydroxylation sites is 2. The Labute approximate surface area is 136 Å². The zero-order valence-corrected chi connectivity index (χ0v) is 13.5. The van der Waals surface area contributed by atoms with Gasteiger partial charge in [-0.25, -0.2) is 9.97 Å². The molecule has 0 amide bonds. The predicted molar refractivity (Wildman–Crippen MR) is 90.6 cm³/mol. The number of hydrogen-bond acceptors (Lipinski definition) is 4. The van der Waals surface area contributed by atoms with Gasteiger partial charge in [-0.3, -0.25) is 0 Å². The summed E-state index contributed by atoms with van der Waals surface area (Å²) in [4.78, 5) is 14.2. The van der Waals surface area contributed by atoms with Crippen molar-refractivity contribution in [1.82, 2.24) is 14.9 Å². The lowest BCUT2D eigenvalue weighted by atomic mass is 10.0. The number of fused-ring (bicyclic) bond motifs is 1. The first-order valence-electron chi connectivity index (χ1n) is 8.22. The average Bonchev–Trinajstić information content (AvgIpc) is 3.09. The molecule has 0 unspecified atom stereocenters. The predicted octanol–water partition coefficient (Wildman–Crippen LogP) is 3.35. The molecule has 22 heavy (non-hydrogen) atoms. The summed E-state index contributed by atoms with van der Waals surface area (Å²) < 4.78 is 0. The van der Waals surface area contributed by atoms with Crippen molar-refractivity contribution in [2.75, 3.05) is 31.1 Å². The van der Waals surface area contributed by atoms with Crippen LogP contribution >= 0.6 is 11.6 Å². The molecule has 116 valence electrons. The molecule has 2 saturated heterocycles. The van der Waals surface area contributed by atoms with Crippen molar-refractivity contribution in [2.45, 2.75) is 31.7 Å². The number of halogens is 1. The van der Waals surface area contributed by atoms with Crippen LogP contribution in [0.1, 0.15) is 25.7 Å². The summed E-state index contributed by atoms with van der Waals surface area (Å²) in [6, 6.07) is 8.66. The summed E-state index contributed by atoms with van der Waals surface area (Å²) in [5.41, 5.74) is 1.78. The lowest BCUT2D eigenvalue weighted by Gasteiger charge is -2.37. The highest BCUT2D eigenvalue weighted by Crippen LogP contribution is 2.29. The van der Waals surface area contributed by atoms with Gasteiger partial charge in [0.2, 0.25) is 0 Å². The van der Waals surface area contributed by atoms with Crippen molar-refractivity contribution in [2.24, 2.45) is 0 Å². The first-order valence-corrected chi connectivity index (χ1v) is 8.60. The van der Waals surface area contributed by atoms with Crippen molar-refractivity contribution >= 4 is 28.5 Å². The summed E-state index contributed by atoms with van der Waals surface area (Å²) >= 11 is 6.37. The average molecular weight is 317 g/mol. The lowest BCUT2D eigenvalue weighted by Crippen LogP contribution is -2.44. The molecule has 4 rings (SSSR count). The highest BCUT2D eigenvalue weighted by atomic mass is 35.5. The smallest absolute Gasteiger partial charge is 0.172 e. The van der Waals surface area contributed by atoms with Crippen LogP contribution in [-0.4, -0.2) is 47.1 Å². The van der Waals surface area contributed by atoms with Gasteiger partial charge in [0.25, 0.3) is 0 Å². The van der Waals surface area contributed by atoms with Gasteiger partial charge in [0, 0.05) is 19.1 Å². The fourth-order valence-electron chi connectivity index (χ4n) is 3.72. The molecule has 2 aliphatic heterocycles. The highest BCUT2D eigenvalue weighted by molar-refractivity contribution is 6.32. The third-order valence-corrected chi connectivity index (χ3v) is 5.19. The maximum absolute atomic E-state index is 6.37. The SMILES string of the molecule is Clc1nc2ccccc2nc1N1CCC(N2CCCC2)CC1. The van der Waals surface area contributed by atoms with Crippen LogP contribution in [0, 0.1) is 0 Å². The Morgan fingerprint density at radius 3 is 2.23 bits per heavy atom. The molecule has 0 aliphatic carbocycles. The molecule has 2 fully saturated rings. The number of hydrogen-bond donors (Lipinski definition) is 0.